The molecular weight excluding hydrogens is 249 g/mol. The molecule has 100 valence electrons. The lowest BCUT2D eigenvalue weighted by Crippen LogP contribution is -2.35. The first-order chi connectivity index (χ1) is 9.15. The van der Waals surface area contributed by atoms with Gasteiger partial charge in [-0.3, -0.25) is 4.79 Å². The quantitative estimate of drug-likeness (QED) is 0.901. The summed E-state index contributed by atoms with van der Waals surface area (Å²) in [7, 11) is 0. The summed E-state index contributed by atoms with van der Waals surface area (Å²) >= 11 is 0. The van der Waals surface area contributed by atoms with Crippen LogP contribution in [0.15, 0.2) is 47.1 Å². The predicted molar refractivity (Wildman–Crippen MR) is 67.0 cm³/mol. The molecule has 0 aliphatic rings. The van der Waals surface area contributed by atoms with E-state index in [1.54, 1.807) is 25.3 Å². The van der Waals surface area contributed by atoms with Gasteiger partial charge in [-0.1, -0.05) is 0 Å². The zero-order chi connectivity index (χ0) is 13.7. The molecule has 0 radical (unpaired) electrons. The average Bonchev–Trinajstić information content (AvgIpc) is 2.91. The van der Waals surface area contributed by atoms with Crippen LogP contribution in [0.25, 0.3) is 0 Å². The molecule has 0 aliphatic heterocycles. The van der Waals surface area contributed by atoms with Crippen LogP contribution in [0.1, 0.15) is 12.7 Å². The minimum absolute atomic E-state index is 0.263. The van der Waals surface area contributed by atoms with Crippen LogP contribution in [0.5, 0.6) is 5.75 Å². The zero-order valence-corrected chi connectivity index (χ0v) is 10.4. The van der Waals surface area contributed by atoms with Crippen molar-refractivity contribution in [2.24, 2.45) is 0 Å². The molecule has 1 unspecified atom stereocenters. The molecule has 5 heteroatoms. The van der Waals surface area contributed by atoms with Crippen molar-refractivity contribution in [3.63, 3.8) is 0 Å². The number of benzene rings is 1. The lowest BCUT2D eigenvalue weighted by molar-refractivity contribution is -0.127. The molecule has 0 aliphatic carbocycles. The Labute approximate surface area is 110 Å². The van der Waals surface area contributed by atoms with Gasteiger partial charge in [0, 0.05) is 0 Å². The van der Waals surface area contributed by atoms with Crippen molar-refractivity contribution < 1.29 is 18.3 Å². The Kier molecular flexibility index (Phi) is 4.18. The molecular formula is C14H14FNO3. The number of furan rings is 1. The van der Waals surface area contributed by atoms with Crippen LogP contribution in [0, 0.1) is 5.82 Å². The Hall–Kier alpha value is -2.30. The summed E-state index contributed by atoms with van der Waals surface area (Å²) in [6.45, 7) is 1.93. The Morgan fingerprint density at radius 1 is 1.37 bits per heavy atom. The summed E-state index contributed by atoms with van der Waals surface area (Å²) in [6.07, 6.45) is 0.875. The molecule has 4 nitrogen and oxygen atoms in total. The first-order valence-electron chi connectivity index (χ1n) is 5.87. The van der Waals surface area contributed by atoms with E-state index >= 15 is 0 Å². The highest BCUT2D eigenvalue weighted by atomic mass is 19.1. The number of carbonyl (C=O) groups is 1. The second kappa shape index (κ2) is 6.04. The average molecular weight is 263 g/mol. The highest BCUT2D eigenvalue weighted by Gasteiger charge is 2.14. The van der Waals surface area contributed by atoms with Crippen LogP contribution in [0.3, 0.4) is 0 Å². The SMILES string of the molecule is CC(Oc1ccc(F)cc1)C(=O)NCc1ccco1. The van der Waals surface area contributed by atoms with E-state index in [-0.39, 0.29) is 11.7 Å². The molecule has 2 aromatic rings. The van der Waals surface area contributed by atoms with Crippen LogP contribution in [-0.4, -0.2) is 12.0 Å². The van der Waals surface area contributed by atoms with Gasteiger partial charge in [0.05, 0.1) is 12.8 Å². The van der Waals surface area contributed by atoms with E-state index in [0.717, 1.165) is 0 Å². The van der Waals surface area contributed by atoms with Crippen molar-refractivity contribution in [2.45, 2.75) is 19.6 Å². The molecule has 0 fully saturated rings. The Bertz CT molecular complexity index is 522. The number of ether oxygens (including phenoxy) is 1. The normalized spacial score (nSPS) is 11.9. The van der Waals surface area contributed by atoms with Crippen molar-refractivity contribution >= 4 is 5.91 Å². The van der Waals surface area contributed by atoms with Crippen molar-refractivity contribution in [1.29, 1.82) is 0 Å². The van der Waals surface area contributed by atoms with Gasteiger partial charge in [-0.2, -0.15) is 0 Å². The van der Waals surface area contributed by atoms with Crippen molar-refractivity contribution in [3.8, 4) is 5.75 Å². The molecule has 0 saturated carbocycles. The smallest absolute Gasteiger partial charge is 0.261 e. The maximum atomic E-state index is 12.7. The number of nitrogens with one attached hydrogen (secondary N) is 1. The van der Waals surface area contributed by atoms with Gasteiger partial charge in [-0.05, 0) is 43.3 Å². The highest BCUT2D eigenvalue weighted by Crippen LogP contribution is 2.13. The van der Waals surface area contributed by atoms with Crippen molar-refractivity contribution in [1.82, 2.24) is 5.32 Å². The van der Waals surface area contributed by atoms with E-state index in [4.69, 9.17) is 9.15 Å². The van der Waals surface area contributed by atoms with Gasteiger partial charge >= 0.3 is 0 Å². The number of rotatable bonds is 5. The fourth-order valence-electron chi connectivity index (χ4n) is 1.50. The lowest BCUT2D eigenvalue weighted by Gasteiger charge is -2.14. The minimum atomic E-state index is -0.666. The summed E-state index contributed by atoms with van der Waals surface area (Å²) in [4.78, 5) is 11.8. The van der Waals surface area contributed by atoms with Gasteiger partial charge in [0.25, 0.3) is 5.91 Å². The van der Waals surface area contributed by atoms with E-state index in [2.05, 4.69) is 5.32 Å². The van der Waals surface area contributed by atoms with E-state index in [9.17, 15) is 9.18 Å². The summed E-state index contributed by atoms with van der Waals surface area (Å²) in [5.41, 5.74) is 0. The van der Waals surface area contributed by atoms with Gasteiger partial charge in [-0.25, -0.2) is 4.39 Å². The molecule has 1 atom stereocenters. The topological polar surface area (TPSA) is 51.5 Å². The van der Waals surface area contributed by atoms with Gasteiger partial charge in [0.1, 0.15) is 17.3 Å². The molecule has 0 spiro atoms. The fraction of sp³-hybridized carbons (Fsp3) is 0.214. The van der Waals surface area contributed by atoms with E-state index in [1.165, 1.54) is 24.3 Å². The van der Waals surface area contributed by atoms with Gasteiger partial charge in [0.15, 0.2) is 6.10 Å². The number of hydrogen-bond donors (Lipinski definition) is 1. The zero-order valence-electron chi connectivity index (χ0n) is 10.4. The van der Waals surface area contributed by atoms with Crippen LogP contribution in [-0.2, 0) is 11.3 Å². The first kappa shape index (κ1) is 13.1. The molecule has 0 bridgehead atoms. The summed E-state index contributed by atoms with van der Waals surface area (Å²) < 4.78 is 23.2. The minimum Gasteiger partial charge on any atom is -0.481 e. The number of halogens is 1. The van der Waals surface area contributed by atoms with E-state index in [0.29, 0.717) is 18.1 Å². The monoisotopic (exact) mass is 263 g/mol. The molecule has 2 rings (SSSR count). The molecule has 1 aromatic heterocycles. The fourth-order valence-corrected chi connectivity index (χ4v) is 1.50. The standard InChI is InChI=1S/C14H14FNO3/c1-10(19-12-6-4-11(15)5-7-12)14(17)16-9-13-3-2-8-18-13/h2-8,10H,9H2,1H3,(H,16,17). The number of amides is 1. The predicted octanol–water partition coefficient (Wildman–Crippen LogP) is 2.50. The molecule has 1 aromatic carbocycles. The van der Waals surface area contributed by atoms with Crippen LogP contribution >= 0.6 is 0 Å². The van der Waals surface area contributed by atoms with E-state index < -0.39 is 6.10 Å². The molecule has 1 N–H and O–H groups in total. The maximum Gasteiger partial charge on any atom is 0.261 e. The largest absolute Gasteiger partial charge is 0.481 e. The molecule has 19 heavy (non-hydrogen) atoms. The van der Waals surface area contributed by atoms with Gasteiger partial charge in [-0.15, -0.1) is 0 Å². The third kappa shape index (κ3) is 3.84. The Morgan fingerprint density at radius 2 is 2.11 bits per heavy atom. The number of carbonyl (C=O) groups excluding carboxylic acids is 1. The molecule has 0 saturated heterocycles. The van der Waals surface area contributed by atoms with Gasteiger partial charge < -0.3 is 14.5 Å². The van der Waals surface area contributed by atoms with Crippen LogP contribution in [0.4, 0.5) is 4.39 Å². The summed E-state index contributed by atoms with van der Waals surface area (Å²) in [5, 5.41) is 2.68. The van der Waals surface area contributed by atoms with Crippen LogP contribution < -0.4 is 10.1 Å². The van der Waals surface area contributed by atoms with Crippen LogP contribution in [0.2, 0.25) is 0 Å². The number of hydrogen-bond acceptors (Lipinski definition) is 3. The molecule has 1 heterocycles. The third-order valence-electron chi connectivity index (χ3n) is 2.51. The summed E-state index contributed by atoms with van der Waals surface area (Å²) in [5.74, 6) is 0.507. The maximum absolute atomic E-state index is 12.7. The van der Waals surface area contributed by atoms with Crippen molar-refractivity contribution in [2.75, 3.05) is 0 Å². The van der Waals surface area contributed by atoms with E-state index in [1.807, 2.05) is 0 Å². The lowest BCUT2D eigenvalue weighted by atomic mass is 10.3. The summed E-state index contributed by atoms with van der Waals surface area (Å²) in [6, 6.07) is 9.04. The van der Waals surface area contributed by atoms with Crippen molar-refractivity contribution in [3.05, 3.63) is 54.2 Å². The second-order valence-electron chi connectivity index (χ2n) is 4.01. The third-order valence-corrected chi connectivity index (χ3v) is 2.51. The second-order valence-corrected chi connectivity index (χ2v) is 4.01. The highest BCUT2D eigenvalue weighted by molar-refractivity contribution is 5.80. The Morgan fingerprint density at radius 3 is 2.74 bits per heavy atom. The Balaban J connectivity index is 1.83. The molecule has 1 amide bonds. The van der Waals surface area contributed by atoms with Gasteiger partial charge in [0.2, 0.25) is 0 Å². The first-order valence-corrected chi connectivity index (χ1v) is 5.87.